The summed E-state index contributed by atoms with van der Waals surface area (Å²) in [6.45, 7) is 3.28. The van der Waals surface area contributed by atoms with Crippen LogP contribution in [0.15, 0.2) is 12.1 Å². The lowest BCUT2D eigenvalue weighted by atomic mass is 10.2. The molecule has 0 aliphatic carbocycles. The number of pyridine rings is 1. The first-order chi connectivity index (χ1) is 8.81. The van der Waals surface area contributed by atoms with E-state index in [9.17, 15) is 13.8 Å². The minimum absolute atomic E-state index is 0.0688. The number of hydrogen-bond acceptors (Lipinski definition) is 4. The van der Waals surface area contributed by atoms with Gasteiger partial charge in [0.1, 0.15) is 5.69 Å². The quantitative estimate of drug-likeness (QED) is 0.824. The maximum Gasteiger partial charge on any atom is 0.337 e. The summed E-state index contributed by atoms with van der Waals surface area (Å²) in [5.74, 6) is -1.12. The SMILES string of the molecule is Cc1nc(C(=O)NC(C)CS(C)=O)ccc1C(=O)O. The molecule has 1 amide bonds. The number of aromatic nitrogens is 1. The highest BCUT2D eigenvalue weighted by molar-refractivity contribution is 7.84. The summed E-state index contributed by atoms with van der Waals surface area (Å²) in [5.41, 5.74) is 0.502. The zero-order chi connectivity index (χ0) is 14.6. The van der Waals surface area contributed by atoms with Crippen molar-refractivity contribution in [3.05, 3.63) is 29.1 Å². The van der Waals surface area contributed by atoms with Crippen molar-refractivity contribution >= 4 is 22.7 Å². The highest BCUT2D eigenvalue weighted by atomic mass is 32.2. The summed E-state index contributed by atoms with van der Waals surface area (Å²) < 4.78 is 11.0. The lowest BCUT2D eigenvalue weighted by Crippen LogP contribution is -2.36. The van der Waals surface area contributed by atoms with Crippen LogP contribution in [-0.2, 0) is 10.8 Å². The van der Waals surface area contributed by atoms with Gasteiger partial charge in [0.25, 0.3) is 5.91 Å². The first-order valence-corrected chi connectivity index (χ1v) is 7.35. The standard InChI is InChI=1S/C12H16N2O4S/c1-7(6-19(3)18)13-11(15)10-5-4-9(12(16)17)8(2)14-10/h4-5,7H,6H2,1-3H3,(H,13,15)(H,16,17). The molecule has 0 aliphatic heterocycles. The fourth-order valence-electron chi connectivity index (χ4n) is 1.61. The van der Waals surface area contributed by atoms with Gasteiger partial charge in [-0.25, -0.2) is 9.78 Å². The van der Waals surface area contributed by atoms with E-state index in [4.69, 9.17) is 5.11 Å². The molecule has 1 aromatic heterocycles. The first kappa shape index (κ1) is 15.3. The average Bonchev–Trinajstić information content (AvgIpc) is 2.26. The molecule has 0 saturated heterocycles. The Kier molecular flexibility index (Phi) is 5.17. The predicted molar refractivity (Wildman–Crippen MR) is 71.8 cm³/mol. The normalized spacial score (nSPS) is 13.6. The Labute approximate surface area is 113 Å². The van der Waals surface area contributed by atoms with Gasteiger partial charge in [-0.1, -0.05) is 0 Å². The molecule has 0 bridgehead atoms. The van der Waals surface area contributed by atoms with E-state index in [-0.39, 0.29) is 23.0 Å². The van der Waals surface area contributed by atoms with Crippen molar-refractivity contribution in [2.45, 2.75) is 19.9 Å². The summed E-state index contributed by atoms with van der Waals surface area (Å²) >= 11 is 0. The predicted octanol–water partition coefficient (Wildman–Crippen LogP) is 0.585. The Morgan fingerprint density at radius 3 is 2.58 bits per heavy atom. The van der Waals surface area contributed by atoms with Crippen LogP contribution >= 0.6 is 0 Å². The summed E-state index contributed by atoms with van der Waals surface area (Å²) in [5, 5.41) is 11.5. The van der Waals surface area contributed by atoms with Crippen molar-refractivity contribution in [2.75, 3.05) is 12.0 Å². The molecule has 0 saturated carbocycles. The summed E-state index contributed by atoms with van der Waals surface area (Å²) in [4.78, 5) is 26.6. The van der Waals surface area contributed by atoms with E-state index in [1.807, 2.05) is 0 Å². The van der Waals surface area contributed by atoms with Crippen LogP contribution in [0.3, 0.4) is 0 Å². The summed E-state index contributed by atoms with van der Waals surface area (Å²) in [6.07, 6.45) is 1.56. The van der Waals surface area contributed by atoms with Crippen LogP contribution in [0.4, 0.5) is 0 Å². The van der Waals surface area contributed by atoms with E-state index >= 15 is 0 Å². The van der Waals surface area contributed by atoms with E-state index in [2.05, 4.69) is 10.3 Å². The molecule has 0 aliphatic rings. The summed E-state index contributed by atoms with van der Waals surface area (Å²) in [6, 6.07) is 2.48. The van der Waals surface area contributed by atoms with Crippen molar-refractivity contribution in [3.63, 3.8) is 0 Å². The fourth-order valence-corrected chi connectivity index (χ4v) is 2.39. The zero-order valence-corrected chi connectivity index (χ0v) is 11.8. The third kappa shape index (κ3) is 4.44. The van der Waals surface area contributed by atoms with Gasteiger partial charge in [0.2, 0.25) is 0 Å². The van der Waals surface area contributed by atoms with Crippen LogP contribution in [0.5, 0.6) is 0 Å². The average molecular weight is 284 g/mol. The molecule has 7 heteroatoms. The second-order valence-corrected chi connectivity index (χ2v) is 5.73. The minimum Gasteiger partial charge on any atom is -0.478 e. The number of aryl methyl sites for hydroxylation is 1. The Balaban J connectivity index is 2.81. The molecule has 0 fully saturated rings. The molecule has 0 radical (unpaired) electrons. The fraction of sp³-hybridized carbons (Fsp3) is 0.417. The van der Waals surface area contributed by atoms with Gasteiger partial charge in [0, 0.05) is 28.9 Å². The summed E-state index contributed by atoms with van der Waals surface area (Å²) in [7, 11) is -0.996. The zero-order valence-electron chi connectivity index (χ0n) is 11.0. The van der Waals surface area contributed by atoms with Crippen LogP contribution < -0.4 is 5.32 Å². The second-order valence-electron chi connectivity index (χ2n) is 4.25. The topological polar surface area (TPSA) is 96.4 Å². The molecule has 1 heterocycles. The van der Waals surface area contributed by atoms with Crippen molar-refractivity contribution in [1.29, 1.82) is 0 Å². The van der Waals surface area contributed by atoms with Gasteiger partial charge in [-0.15, -0.1) is 0 Å². The largest absolute Gasteiger partial charge is 0.478 e. The Hall–Kier alpha value is -1.76. The van der Waals surface area contributed by atoms with Gasteiger partial charge < -0.3 is 10.4 Å². The molecule has 2 unspecified atom stereocenters. The minimum atomic E-state index is -1.08. The van der Waals surface area contributed by atoms with E-state index < -0.39 is 22.7 Å². The molecule has 19 heavy (non-hydrogen) atoms. The Morgan fingerprint density at radius 2 is 2.11 bits per heavy atom. The lowest BCUT2D eigenvalue weighted by Gasteiger charge is -2.12. The third-order valence-electron chi connectivity index (χ3n) is 2.41. The molecule has 6 nitrogen and oxygen atoms in total. The number of amides is 1. The van der Waals surface area contributed by atoms with E-state index in [0.717, 1.165) is 0 Å². The van der Waals surface area contributed by atoms with Crippen LogP contribution in [0.2, 0.25) is 0 Å². The number of carboxylic acid groups (broad SMARTS) is 1. The van der Waals surface area contributed by atoms with E-state index in [1.165, 1.54) is 19.1 Å². The van der Waals surface area contributed by atoms with Crippen molar-refractivity contribution in [3.8, 4) is 0 Å². The van der Waals surface area contributed by atoms with Crippen LogP contribution in [0.1, 0.15) is 33.5 Å². The first-order valence-electron chi connectivity index (χ1n) is 5.63. The highest BCUT2D eigenvalue weighted by Crippen LogP contribution is 2.07. The van der Waals surface area contributed by atoms with Crippen molar-refractivity contribution in [1.82, 2.24) is 10.3 Å². The Bertz CT molecular complexity index is 530. The molecule has 2 N–H and O–H groups in total. The molecular formula is C12H16N2O4S. The van der Waals surface area contributed by atoms with Gasteiger partial charge in [-0.2, -0.15) is 0 Å². The molecule has 104 valence electrons. The van der Waals surface area contributed by atoms with Crippen LogP contribution in [0.25, 0.3) is 0 Å². The van der Waals surface area contributed by atoms with Gasteiger partial charge in [-0.3, -0.25) is 9.00 Å². The van der Waals surface area contributed by atoms with Gasteiger partial charge in [-0.05, 0) is 26.0 Å². The number of aromatic carboxylic acids is 1. The number of carbonyl (C=O) groups excluding carboxylic acids is 1. The highest BCUT2D eigenvalue weighted by Gasteiger charge is 2.15. The van der Waals surface area contributed by atoms with Gasteiger partial charge in [0.05, 0.1) is 11.3 Å². The number of carbonyl (C=O) groups is 2. The number of carboxylic acids is 1. The van der Waals surface area contributed by atoms with Gasteiger partial charge >= 0.3 is 5.97 Å². The van der Waals surface area contributed by atoms with Crippen LogP contribution in [-0.4, -0.2) is 44.2 Å². The maximum absolute atomic E-state index is 11.8. The van der Waals surface area contributed by atoms with E-state index in [0.29, 0.717) is 5.75 Å². The van der Waals surface area contributed by atoms with E-state index in [1.54, 1.807) is 13.2 Å². The monoisotopic (exact) mass is 284 g/mol. The number of rotatable bonds is 5. The molecule has 0 aromatic carbocycles. The second kappa shape index (κ2) is 6.42. The smallest absolute Gasteiger partial charge is 0.337 e. The molecular weight excluding hydrogens is 268 g/mol. The number of hydrogen-bond donors (Lipinski definition) is 2. The molecule has 1 rings (SSSR count). The molecule has 1 aromatic rings. The Morgan fingerprint density at radius 1 is 1.47 bits per heavy atom. The number of nitrogens with one attached hydrogen (secondary N) is 1. The molecule has 2 atom stereocenters. The van der Waals surface area contributed by atoms with Crippen LogP contribution in [0, 0.1) is 6.92 Å². The molecule has 0 spiro atoms. The maximum atomic E-state index is 11.8. The van der Waals surface area contributed by atoms with Crippen molar-refractivity contribution in [2.24, 2.45) is 0 Å². The third-order valence-corrected chi connectivity index (χ3v) is 3.38. The van der Waals surface area contributed by atoms with Gasteiger partial charge in [0.15, 0.2) is 0 Å². The lowest BCUT2D eigenvalue weighted by molar-refractivity contribution is 0.0694. The van der Waals surface area contributed by atoms with Crippen molar-refractivity contribution < 1.29 is 18.9 Å². The number of nitrogens with zero attached hydrogens (tertiary/aromatic N) is 1.